The third-order valence-corrected chi connectivity index (χ3v) is 2.19. The van der Waals surface area contributed by atoms with Gasteiger partial charge < -0.3 is 4.74 Å². The molecule has 0 spiro atoms. The first kappa shape index (κ1) is 10.8. The van der Waals surface area contributed by atoms with Crippen molar-refractivity contribution in [2.24, 2.45) is 0 Å². The molecule has 14 heavy (non-hydrogen) atoms. The second-order valence-electron chi connectivity index (χ2n) is 4.42. The Kier molecular flexibility index (Phi) is 3.34. The average molecular weight is 190 g/mol. The minimum absolute atomic E-state index is 0.220. The van der Waals surface area contributed by atoms with Gasteiger partial charge >= 0.3 is 0 Å². The summed E-state index contributed by atoms with van der Waals surface area (Å²) in [5, 5.41) is 0. The molecule has 0 unspecified atom stereocenters. The highest BCUT2D eigenvalue weighted by Gasteiger charge is 2.12. The Morgan fingerprint density at radius 3 is 2.21 bits per heavy atom. The van der Waals surface area contributed by atoms with Gasteiger partial charge in [0.05, 0.1) is 6.26 Å². The van der Waals surface area contributed by atoms with Crippen LogP contribution in [0.4, 0.5) is 0 Å². The molecule has 1 rings (SSSR count). The molecule has 0 saturated carbocycles. The molecule has 1 heteroatoms. The molecule has 0 aliphatic heterocycles. The molecule has 0 N–H and O–H groups in total. The van der Waals surface area contributed by atoms with Gasteiger partial charge in [-0.3, -0.25) is 0 Å². The second kappa shape index (κ2) is 4.32. The summed E-state index contributed by atoms with van der Waals surface area (Å²) in [5.74, 6) is 0. The molecule has 0 fully saturated rings. The highest BCUT2D eigenvalue weighted by atomic mass is 16.5. The number of hydrogen-bond donors (Lipinski definition) is 0. The van der Waals surface area contributed by atoms with Crippen LogP contribution in [0.2, 0.25) is 0 Å². The van der Waals surface area contributed by atoms with Gasteiger partial charge in [0.25, 0.3) is 0 Å². The SMILES string of the molecule is C=COCc1ccc(C(C)(C)C)cc1. The third kappa shape index (κ3) is 2.91. The molecule has 0 bridgehead atoms. The van der Waals surface area contributed by atoms with Crippen LogP contribution >= 0.6 is 0 Å². The zero-order valence-electron chi connectivity index (χ0n) is 9.21. The molecule has 0 saturated heterocycles. The summed E-state index contributed by atoms with van der Waals surface area (Å²) < 4.78 is 5.11. The van der Waals surface area contributed by atoms with Crippen LogP contribution in [0.1, 0.15) is 31.9 Å². The van der Waals surface area contributed by atoms with E-state index in [1.165, 1.54) is 17.4 Å². The summed E-state index contributed by atoms with van der Waals surface area (Å²) in [6, 6.07) is 8.51. The van der Waals surface area contributed by atoms with E-state index in [1.807, 2.05) is 0 Å². The van der Waals surface area contributed by atoms with Crippen LogP contribution in [0, 0.1) is 0 Å². The highest BCUT2D eigenvalue weighted by Crippen LogP contribution is 2.22. The van der Waals surface area contributed by atoms with E-state index in [2.05, 4.69) is 51.6 Å². The van der Waals surface area contributed by atoms with Crippen molar-refractivity contribution in [2.75, 3.05) is 0 Å². The monoisotopic (exact) mass is 190 g/mol. The first-order valence-electron chi connectivity index (χ1n) is 4.86. The fourth-order valence-electron chi connectivity index (χ4n) is 1.26. The molecule has 1 aromatic carbocycles. The van der Waals surface area contributed by atoms with Crippen molar-refractivity contribution in [1.82, 2.24) is 0 Å². The number of rotatable bonds is 3. The Morgan fingerprint density at radius 1 is 1.21 bits per heavy atom. The van der Waals surface area contributed by atoms with Crippen LogP contribution in [0.5, 0.6) is 0 Å². The lowest BCUT2D eigenvalue weighted by atomic mass is 9.87. The Morgan fingerprint density at radius 2 is 1.79 bits per heavy atom. The molecule has 0 aromatic heterocycles. The quantitative estimate of drug-likeness (QED) is 0.661. The van der Waals surface area contributed by atoms with E-state index in [9.17, 15) is 0 Å². The highest BCUT2D eigenvalue weighted by molar-refractivity contribution is 5.27. The molecule has 0 aliphatic carbocycles. The molecule has 0 heterocycles. The van der Waals surface area contributed by atoms with E-state index >= 15 is 0 Å². The van der Waals surface area contributed by atoms with Gasteiger partial charge in [0.1, 0.15) is 6.61 Å². The predicted molar refractivity (Wildman–Crippen MR) is 60.1 cm³/mol. The van der Waals surface area contributed by atoms with E-state index in [4.69, 9.17) is 4.74 Å². The summed E-state index contributed by atoms with van der Waals surface area (Å²) >= 11 is 0. The van der Waals surface area contributed by atoms with Crippen molar-refractivity contribution in [3.05, 3.63) is 48.2 Å². The molecule has 1 aromatic rings. The Labute approximate surface area is 86.4 Å². The van der Waals surface area contributed by atoms with Gasteiger partial charge in [-0.1, -0.05) is 51.6 Å². The smallest absolute Gasteiger partial charge is 0.112 e. The number of benzene rings is 1. The topological polar surface area (TPSA) is 9.23 Å². The van der Waals surface area contributed by atoms with Crippen LogP contribution < -0.4 is 0 Å². The van der Waals surface area contributed by atoms with Gasteiger partial charge in [0.2, 0.25) is 0 Å². The van der Waals surface area contributed by atoms with Crippen LogP contribution in [-0.2, 0) is 16.8 Å². The van der Waals surface area contributed by atoms with E-state index in [-0.39, 0.29) is 5.41 Å². The largest absolute Gasteiger partial charge is 0.497 e. The summed E-state index contributed by atoms with van der Waals surface area (Å²) in [5.41, 5.74) is 2.75. The maximum Gasteiger partial charge on any atom is 0.112 e. The zero-order chi connectivity index (χ0) is 10.6. The van der Waals surface area contributed by atoms with Crippen molar-refractivity contribution in [2.45, 2.75) is 32.8 Å². The van der Waals surface area contributed by atoms with Crippen molar-refractivity contribution in [3.8, 4) is 0 Å². The van der Waals surface area contributed by atoms with Gasteiger partial charge in [-0.2, -0.15) is 0 Å². The summed E-state index contributed by atoms with van der Waals surface area (Å²) in [6.07, 6.45) is 1.47. The second-order valence-corrected chi connectivity index (χ2v) is 4.42. The lowest BCUT2D eigenvalue weighted by Crippen LogP contribution is -2.10. The van der Waals surface area contributed by atoms with Gasteiger partial charge in [-0.15, -0.1) is 0 Å². The minimum Gasteiger partial charge on any atom is -0.497 e. The van der Waals surface area contributed by atoms with Crippen LogP contribution in [0.15, 0.2) is 37.1 Å². The van der Waals surface area contributed by atoms with Crippen molar-refractivity contribution < 1.29 is 4.74 Å². The lowest BCUT2D eigenvalue weighted by molar-refractivity contribution is 0.237. The Bertz CT molecular complexity index is 290. The van der Waals surface area contributed by atoms with Crippen molar-refractivity contribution in [3.63, 3.8) is 0 Å². The third-order valence-electron chi connectivity index (χ3n) is 2.19. The van der Waals surface area contributed by atoms with Gasteiger partial charge in [0.15, 0.2) is 0 Å². The minimum atomic E-state index is 0.220. The molecule has 76 valence electrons. The first-order valence-corrected chi connectivity index (χ1v) is 4.86. The summed E-state index contributed by atoms with van der Waals surface area (Å²) in [6.45, 7) is 10.7. The lowest BCUT2D eigenvalue weighted by Gasteiger charge is -2.19. The molecular weight excluding hydrogens is 172 g/mol. The molecular formula is C13H18O. The molecule has 0 radical (unpaired) electrons. The van der Waals surface area contributed by atoms with E-state index in [0.717, 1.165) is 0 Å². The van der Waals surface area contributed by atoms with E-state index < -0.39 is 0 Å². The van der Waals surface area contributed by atoms with Gasteiger partial charge in [-0.25, -0.2) is 0 Å². The Balaban J connectivity index is 2.73. The van der Waals surface area contributed by atoms with Crippen molar-refractivity contribution in [1.29, 1.82) is 0 Å². The molecule has 1 nitrogen and oxygen atoms in total. The number of hydrogen-bond acceptors (Lipinski definition) is 1. The van der Waals surface area contributed by atoms with Gasteiger partial charge in [0, 0.05) is 0 Å². The predicted octanol–water partition coefficient (Wildman–Crippen LogP) is 3.64. The zero-order valence-corrected chi connectivity index (χ0v) is 9.21. The van der Waals surface area contributed by atoms with Crippen LogP contribution in [0.3, 0.4) is 0 Å². The fourth-order valence-corrected chi connectivity index (χ4v) is 1.26. The average Bonchev–Trinajstić information content (AvgIpc) is 2.14. The standard InChI is InChI=1S/C13H18O/c1-5-14-10-11-6-8-12(9-7-11)13(2,3)4/h5-9H,1,10H2,2-4H3. The fraction of sp³-hybridized carbons (Fsp3) is 0.385. The molecule has 0 aliphatic rings. The van der Waals surface area contributed by atoms with Crippen LogP contribution in [-0.4, -0.2) is 0 Å². The number of ether oxygens (including phenoxy) is 1. The maximum atomic E-state index is 5.11. The summed E-state index contributed by atoms with van der Waals surface area (Å²) in [4.78, 5) is 0. The molecule has 0 amide bonds. The first-order chi connectivity index (χ1) is 6.54. The summed E-state index contributed by atoms with van der Waals surface area (Å²) in [7, 11) is 0. The van der Waals surface area contributed by atoms with Crippen LogP contribution in [0.25, 0.3) is 0 Å². The molecule has 0 atom stereocenters. The van der Waals surface area contributed by atoms with Gasteiger partial charge in [-0.05, 0) is 16.5 Å². The van der Waals surface area contributed by atoms with E-state index in [1.54, 1.807) is 0 Å². The maximum absolute atomic E-state index is 5.11. The van der Waals surface area contributed by atoms with E-state index in [0.29, 0.717) is 6.61 Å². The normalized spacial score (nSPS) is 11.1. The van der Waals surface area contributed by atoms with Crippen molar-refractivity contribution >= 4 is 0 Å². The Hall–Kier alpha value is -1.24.